The Morgan fingerprint density at radius 1 is 1.30 bits per heavy atom. The van der Waals surface area contributed by atoms with Crippen molar-refractivity contribution in [3.63, 3.8) is 0 Å². The van der Waals surface area contributed by atoms with Gasteiger partial charge in [-0.15, -0.1) is 0 Å². The van der Waals surface area contributed by atoms with Crippen LogP contribution in [0.15, 0.2) is 12.1 Å². The molecule has 0 radical (unpaired) electrons. The first-order valence-electron chi connectivity index (χ1n) is 6.84. The van der Waals surface area contributed by atoms with E-state index in [9.17, 15) is 5.11 Å². The van der Waals surface area contributed by atoms with Gasteiger partial charge in [0.15, 0.2) is 11.5 Å². The molecule has 112 valence electrons. The number of methoxy groups -OCH3 is 2. The quantitative estimate of drug-likeness (QED) is 0.879. The van der Waals surface area contributed by atoms with Gasteiger partial charge in [0.05, 0.1) is 33.5 Å². The molecule has 1 saturated heterocycles. The summed E-state index contributed by atoms with van der Waals surface area (Å²) in [4.78, 5) is 2.29. The molecule has 0 amide bonds. The summed E-state index contributed by atoms with van der Waals surface area (Å²) < 4.78 is 16.1. The second-order valence-electron chi connectivity index (χ2n) is 5.04. The van der Waals surface area contributed by atoms with Gasteiger partial charge in [-0.05, 0) is 30.2 Å². The highest BCUT2D eigenvalue weighted by Gasteiger charge is 2.20. The molecule has 1 fully saturated rings. The lowest BCUT2D eigenvalue weighted by atomic mass is 10.1. The first-order valence-corrected chi connectivity index (χ1v) is 6.84. The molecule has 1 aliphatic heterocycles. The number of benzene rings is 1. The Bertz CT molecular complexity index is 450. The number of aryl methyl sites for hydroxylation is 1. The average molecular weight is 281 g/mol. The number of nitrogens with zero attached hydrogens (tertiary/aromatic N) is 1. The predicted molar refractivity (Wildman–Crippen MR) is 76.4 cm³/mol. The third kappa shape index (κ3) is 3.42. The van der Waals surface area contributed by atoms with Crippen molar-refractivity contribution in [2.24, 2.45) is 0 Å². The smallest absolute Gasteiger partial charge is 0.161 e. The molecule has 1 N–H and O–H groups in total. The van der Waals surface area contributed by atoms with Crippen LogP contribution in [0.2, 0.25) is 0 Å². The van der Waals surface area contributed by atoms with E-state index in [1.54, 1.807) is 14.2 Å². The van der Waals surface area contributed by atoms with E-state index in [0.29, 0.717) is 6.61 Å². The molecule has 2 rings (SSSR count). The number of morpholine rings is 1. The molecule has 20 heavy (non-hydrogen) atoms. The zero-order chi connectivity index (χ0) is 14.5. The maximum absolute atomic E-state index is 9.19. The van der Waals surface area contributed by atoms with Crippen molar-refractivity contribution in [1.29, 1.82) is 0 Å². The highest BCUT2D eigenvalue weighted by molar-refractivity contribution is 5.47. The van der Waals surface area contributed by atoms with Crippen LogP contribution in [-0.2, 0) is 11.3 Å². The Hall–Kier alpha value is -1.30. The van der Waals surface area contributed by atoms with Gasteiger partial charge < -0.3 is 19.3 Å². The van der Waals surface area contributed by atoms with Crippen molar-refractivity contribution < 1.29 is 19.3 Å². The molecule has 1 aromatic rings. The van der Waals surface area contributed by atoms with Crippen LogP contribution in [0.1, 0.15) is 11.1 Å². The Morgan fingerprint density at radius 3 is 2.65 bits per heavy atom. The van der Waals surface area contributed by atoms with Gasteiger partial charge in [0.1, 0.15) is 0 Å². The Kier molecular flexibility index (Phi) is 5.23. The van der Waals surface area contributed by atoms with Gasteiger partial charge >= 0.3 is 0 Å². The summed E-state index contributed by atoms with van der Waals surface area (Å²) in [5.74, 6) is 1.50. The largest absolute Gasteiger partial charge is 0.493 e. The second kappa shape index (κ2) is 6.92. The zero-order valence-corrected chi connectivity index (χ0v) is 12.4. The number of rotatable bonds is 5. The van der Waals surface area contributed by atoms with E-state index in [-0.39, 0.29) is 12.7 Å². The van der Waals surface area contributed by atoms with Gasteiger partial charge in [0, 0.05) is 19.6 Å². The third-order valence-electron chi connectivity index (χ3n) is 3.66. The highest BCUT2D eigenvalue weighted by Crippen LogP contribution is 2.31. The van der Waals surface area contributed by atoms with Crippen molar-refractivity contribution in [2.45, 2.75) is 19.6 Å². The van der Waals surface area contributed by atoms with Gasteiger partial charge in [-0.2, -0.15) is 0 Å². The lowest BCUT2D eigenvalue weighted by Gasteiger charge is -2.32. The first-order chi connectivity index (χ1) is 9.67. The summed E-state index contributed by atoms with van der Waals surface area (Å²) in [5.41, 5.74) is 2.39. The van der Waals surface area contributed by atoms with E-state index in [0.717, 1.165) is 31.1 Å². The molecule has 1 unspecified atom stereocenters. The Labute approximate surface area is 120 Å². The summed E-state index contributed by atoms with van der Waals surface area (Å²) in [6.07, 6.45) is -0.0794. The molecule has 1 heterocycles. The van der Waals surface area contributed by atoms with E-state index >= 15 is 0 Å². The maximum Gasteiger partial charge on any atom is 0.161 e. The van der Waals surface area contributed by atoms with E-state index < -0.39 is 0 Å². The topological polar surface area (TPSA) is 51.2 Å². The molecule has 1 aromatic carbocycles. The van der Waals surface area contributed by atoms with Crippen LogP contribution in [0.5, 0.6) is 11.5 Å². The zero-order valence-electron chi connectivity index (χ0n) is 12.4. The predicted octanol–water partition coefficient (Wildman–Crippen LogP) is 1.21. The summed E-state index contributed by atoms with van der Waals surface area (Å²) in [6, 6.07) is 4.02. The number of aliphatic hydroxyl groups excluding tert-OH is 1. The first kappa shape index (κ1) is 15.1. The minimum absolute atomic E-state index is 0.0708. The lowest BCUT2D eigenvalue weighted by Crippen LogP contribution is -2.43. The minimum atomic E-state index is -0.0794. The van der Waals surface area contributed by atoms with Gasteiger partial charge in [0.2, 0.25) is 0 Å². The molecule has 1 aliphatic rings. The normalized spacial score (nSPS) is 19.9. The second-order valence-corrected chi connectivity index (χ2v) is 5.04. The Balaban J connectivity index is 2.12. The third-order valence-corrected chi connectivity index (χ3v) is 3.66. The Morgan fingerprint density at radius 2 is 2.00 bits per heavy atom. The molecular formula is C15H23NO4. The van der Waals surface area contributed by atoms with Crippen LogP contribution in [0, 0.1) is 6.92 Å². The molecule has 0 aliphatic carbocycles. The van der Waals surface area contributed by atoms with Gasteiger partial charge in [0.25, 0.3) is 0 Å². The number of ether oxygens (including phenoxy) is 3. The fraction of sp³-hybridized carbons (Fsp3) is 0.600. The fourth-order valence-electron chi connectivity index (χ4n) is 2.47. The monoisotopic (exact) mass is 281 g/mol. The fourth-order valence-corrected chi connectivity index (χ4v) is 2.47. The van der Waals surface area contributed by atoms with Crippen LogP contribution in [0.4, 0.5) is 0 Å². The van der Waals surface area contributed by atoms with Crippen LogP contribution >= 0.6 is 0 Å². The number of aliphatic hydroxyl groups is 1. The number of hydrogen-bond acceptors (Lipinski definition) is 5. The summed E-state index contributed by atoms with van der Waals surface area (Å²) in [5, 5.41) is 9.19. The maximum atomic E-state index is 9.19. The molecule has 0 saturated carbocycles. The molecule has 1 atom stereocenters. The van der Waals surface area contributed by atoms with Crippen molar-refractivity contribution >= 4 is 0 Å². The van der Waals surface area contributed by atoms with Crippen molar-refractivity contribution in [3.8, 4) is 11.5 Å². The van der Waals surface area contributed by atoms with Crippen molar-refractivity contribution in [3.05, 3.63) is 23.3 Å². The summed E-state index contributed by atoms with van der Waals surface area (Å²) in [7, 11) is 3.29. The molecular weight excluding hydrogens is 258 g/mol. The van der Waals surface area contributed by atoms with Crippen LogP contribution in [0.3, 0.4) is 0 Å². The van der Waals surface area contributed by atoms with E-state index in [1.807, 2.05) is 12.1 Å². The van der Waals surface area contributed by atoms with E-state index in [2.05, 4.69) is 11.8 Å². The van der Waals surface area contributed by atoms with Gasteiger partial charge in [-0.3, -0.25) is 4.90 Å². The molecule has 0 bridgehead atoms. The SMILES string of the molecule is COc1cc(C)c(CN2CCOC(CO)C2)cc1OC. The number of hydrogen-bond donors (Lipinski definition) is 1. The summed E-state index contributed by atoms with van der Waals surface area (Å²) >= 11 is 0. The highest BCUT2D eigenvalue weighted by atomic mass is 16.5. The van der Waals surface area contributed by atoms with E-state index in [1.165, 1.54) is 11.1 Å². The molecule has 0 aromatic heterocycles. The van der Waals surface area contributed by atoms with Gasteiger partial charge in [-0.1, -0.05) is 0 Å². The van der Waals surface area contributed by atoms with Crippen molar-refractivity contribution in [1.82, 2.24) is 4.90 Å². The van der Waals surface area contributed by atoms with Crippen LogP contribution < -0.4 is 9.47 Å². The molecule has 5 heteroatoms. The standard InChI is InChI=1S/C15H23NO4/c1-11-6-14(18-2)15(19-3)7-12(11)8-16-4-5-20-13(9-16)10-17/h6-7,13,17H,4-5,8-10H2,1-3H3. The van der Waals surface area contributed by atoms with Crippen molar-refractivity contribution in [2.75, 3.05) is 40.5 Å². The van der Waals surface area contributed by atoms with Crippen LogP contribution in [0.25, 0.3) is 0 Å². The van der Waals surface area contributed by atoms with Crippen LogP contribution in [-0.4, -0.2) is 56.6 Å². The lowest BCUT2D eigenvalue weighted by molar-refractivity contribution is -0.0551. The average Bonchev–Trinajstić information content (AvgIpc) is 2.49. The molecule has 5 nitrogen and oxygen atoms in total. The molecule has 0 spiro atoms. The van der Waals surface area contributed by atoms with E-state index in [4.69, 9.17) is 14.2 Å². The van der Waals surface area contributed by atoms with Gasteiger partial charge in [-0.25, -0.2) is 0 Å². The summed E-state index contributed by atoms with van der Waals surface area (Å²) in [6.45, 7) is 5.26. The minimum Gasteiger partial charge on any atom is -0.493 e.